The Bertz CT molecular complexity index is 438. The summed E-state index contributed by atoms with van der Waals surface area (Å²) in [6.07, 6.45) is 1.41. The summed E-state index contributed by atoms with van der Waals surface area (Å²) in [7, 11) is 0. The minimum atomic E-state index is -0.611. The third kappa shape index (κ3) is 0.996. The van der Waals surface area contributed by atoms with E-state index in [1.54, 1.807) is 0 Å². The SMILES string of the molecule is Fc1cc(F)c2[nH]ncc2c1I. The Morgan fingerprint density at radius 1 is 1.33 bits per heavy atom. The lowest BCUT2D eigenvalue weighted by atomic mass is 10.2. The lowest BCUT2D eigenvalue weighted by molar-refractivity contribution is 0.586. The Hall–Kier alpha value is -0.720. The molecule has 0 bridgehead atoms. The molecule has 0 unspecified atom stereocenters. The first-order valence-electron chi connectivity index (χ1n) is 3.16. The van der Waals surface area contributed by atoms with Crippen LogP contribution in [0.25, 0.3) is 10.9 Å². The predicted octanol–water partition coefficient (Wildman–Crippen LogP) is 2.45. The van der Waals surface area contributed by atoms with E-state index in [2.05, 4.69) is 10.2 Å². The molecule has 5 heteroatoms. The highest BCUT2D eigenvalue weighted by molar-refractivity contribution is 14.1. The Kier molecular flexibility index (Phi) is 1.75. The lowest BCUT2D eigenvalue weighted by Gasteiger charge is -1.96. The van der Waals surface area contributed by atoms with Gasteiger partial charge in [0.1, 0.15) is 11.3 Å². The molecule has 0 saturated carbocycles. The molecule has 0 spiro atoms. The summed E-state index contributed by atoms with van der Waals surface area (Å²) >= 11 is 1.81. The fraction of sp³-hybridized carbons (Fsp3) is 0. The van der Waals surface area contributed by atoms with Crippen molar-refractivity contribution in [2.24, 2.45) is 0 Å². The van der Waals surface area contributed by atoms with Crippen molar-refractivity contribution < 1.29 is 8.78 Å². The van der Waals surface area contributed by atoms with Gasteiger partial charge in [-0.3, -0.25) is 5.10 Å². The maximum atomic E-state index is 12.9. The number of aromatic amines is 1. The van der Waals surface area contributed by atoms with Crippen molar-refractivity contribution >= 4 is 33.5 Å². The van der Waals surface area contributed by atoms with Gasteiger partial charge in [-0.15, -0.1) is 0 Å². The molecular formula is C7H3F2IN2. The van der Waals surface area contributed by atoms with E-state index < -0.39 is 11.6 Å². The van der Waals surface area contributed by atoms with Crippen LogP contribution in [0.5, 0.6) is 0 Å². The number of benzene rings is 1. The molecular weight excluding hydrogens is 277 g/mol. The van der Waals surface area contributed by atoms with Crippen LogP contribution in [0.3, 0.4) is 0 Å². The summed E-state index contributed by atoms with van der Waals surface area (Å²) in [4.78, 5) is 0. The monoisotopic (exact) mass is 280 g/mol. The molecule has 1 heterocycles. The van der Waals surface area contributed by atoms with Crippen molar-refractivity contribution in [3.05, 3.63) is 27.5 Å². The van der Waals surface area contributed by atoms with Crippen LogP contribution in [0.1, 0.15) is 0 Å². The maximum absolute atomic E-state index is 12.9. The van der Waals surface area contributed by atoms with E-state index in [-0.39, 0.29) is 5.52 Å². The smallest absolute Gasteiger partial charge is 0.151 e. The molecule has 2 aromatic rings. The zero-order valence-electron chi connectivity index (χ0n) is 5.74. The molecule has 0 atom stereocenters. The van der Waals surface area contributed by atoms with E-state index in [0.717, 1.165) is 6.07 Å². The van der Waals surface area contributed by atoms with Crippen LogP contribution in [0.2, 0.25) is 0 Å². The van der Waals surface area contributed by atoms with Crippen LogP contribution in [0.4, 0.5) is 8.78 Å². The van der Waals surface area contributed by atoms with Crippen LogP contribution in [0.15, 0.2) is 12.3 Å². The van der Waals surface area contributed by atoms with Crippen LogP contribution in [-0.2, 0) is 0 Å². The number of halogens is 3. The van der Waals surface area contributed by atoms with E-state index in [0.29, 0.717) is 8.96 Å². The first kappa shape index (κ1) is 7.90. The normalized spacial score (nSPS) is 10.9. The van der Waals surface area contributed by atoms with Gasteiger partial charge in [-0.1, -0.05) is 0 Å². The van der Waals surface area contributed by atoms with Crippen LogP contribution in [-0.4, -0.2) is 10.2 Å². The van der Waals surface area contributed by atoms with Crippen molar-refractivity contribution in [1.82, 2.24) is 10.2 Å². The molecule has 62 valence electrons. The number of nitrogens with one attached hydrogen (secondary N) is 1. The zero-order valence-corrected chi connectivity index (χ0v) is 7.89. The fourth-order valence-corrected chi connectivity index (χ4v) is 1.57. The van der Waals surface area contributed by atoms with E-state index in [4.69, 9.17) is 0 Å². The average molecular weight is 280 g/mol. The van der Waals surface area contributed by atoms with Crippen molar-refractivity contribution in [3.63, 3.8) is 0 Å². The zero-order chi connectivity index (χ0) is 8.72. The molecule has 0 aliphatic carbocycles. The molecule has 0 aliphatic rings. The number of fused-ring (bicyclic) bond motifs is 1. The molecule has 2 nitrogen and oxygen atoms in total. The predicted molar refractivity (Wildman–Crippen MR) is 48.7 cm³/mol. The summed E-state index contributed by atoms with van der Waals surface area (Å²) in [6, 6.07) is 0.849. The highest BCUT2D eigenvalue weighted by Gasteiger charge is 2.10. The minimum Gasteiger partial charge on any atom is -0.275 e. The molecule has 0 aliphatic heterocycles. The van der Waals surface area contributed by atoms with E-state index >= 15 is 0 Å². The lowest BCUT2D eigenvalue weighted by Crippen LogP contribution is -1.86. The second-order valence-electron chi connectivity index (χ2n) is 2.31. The van der Waals surface area contributed by atoms with Crippen LogP contribution >= 0.6 is 22.6 Å². The molecule has 0 fully saturated rings. The van der Waals surface area contributed by atoms with Gasteiger partial charge < -0.3 is 0 Å². The minimum absolute atomic E-state index is 0.251. The van der Waals surface area contributed by atoms with Crippen molar-refractivity contribution in [1.29, 1.82) is 0 Å². The molecule has 2 rings (SSSR count). The van der Waals surface area contributed by atoms with E-state index in [1.807, 2.05) is 22.6 Å². The number of nitrogens with zero attached hydrogens (tertiary/aromatic N) is 1. The largest absolute Gasteiger partial charge is 0.275 e. The van der Waals surface area contributed by atoms with Gasteiger partial charge >= 0.3 is 0 Å². The van der Waals surface area contributed by atoms with Gasteiger partial charge in [0.2, 0.25) is 0 Å². The topological polar surface area (TPSA) is 28.7 Å². The molecule has 1 N–H and O–H groups in total. The average Bonchev–Trinajstić information content (AvgIpc) is 2.48. The highest BCUT2D eigenvalue weighted by Crippen LogP contribution is 2.23. The second-order valence-corrected chi connectivity index (χ2v) is 3.39. The van der Waals surface area contributed by atoms with E-state index in [9.17, 15) is 8.78 Å². The molecule has 12 heavy (non-hydrogen) atoms. The van der Waals surface area contributed by atoms with E-state index in [1.165, 1.54) is 6.20 Å². The van der Waals surface area contributed by atoms with Gasteiger partial charge in [0.05, 0.1) is 9.77 Å². The van der Waals surface area contributed by atoms with Gasteiger partial charge in [-0.2, -0.15) is 5.10 Å². The van der Waals surface area contributed by atoms with Crippen LogP contribution in [0, 0.1) is 15.2 Å². The first-order chi connectivity index (χ1) is 5.70. The Labute approximate surface area is 80.1 Å². The Balaban J connectivity index is 2.97. The molecule has 1 aromatic heterocycles. The van der Waals surface area contributed by atoms with Gasteiger partial charge in [0.15, 0.2) is 5.82 Å². The van der Waals surface area contributed by atoms with Gasteiger partial charge in [-0.05, 0) is 22.6 Å². The summed E-state index contributed by atoms with van der Waals surface area (Å²) in [5, 5.41) is 6.57. The number of rotatable bonds is 0. The third-order valence-electron chi connectivity index (χ3n) is 1.58. The summed E-state index contributed by atoms with van der Waals surface area (Å²) < 4.78 is 26.2. The van der Waals surface area contributed by atoms with Gasteiger partial charge in [-0.25, -0.2) is 8.78 Å². The van der Waals surface area contributed by atoms with Crippen LogP contribution < -0.4 is 0 Å². The summed E-state index contributed by atoms with van der Waals surface area (Å²) in [6.45, 7) is 0. The number of hydrogen-bond donors (Lipinski definition) is 1. The molecule has 0 saturated heterocycles. The number of hydrogen-bond acceptors (Lipinski definition) is 1. The van der Waals surface area contributed by atoms with Gasteiger partial charge in [0, 0.05) is 11.5 Å². The highest BCUT2D eigenvalue weighted by atomic mass is 127. The standard InChI is InChI=1S/C7H3F2IN2/c8-4-1-5(9)7-3(6(4)10)2-11-12-7/h1-2H,(H,11,12). The Morgan fingerprint density at radius 2 is 2.08 bits per heavy atom. The number of aromatic nitrogens is 2. The fourth-order valence-electron chi connectivity index (χ4n) is 1.01. The quantitative estimate of drug-likeness (QED) is 0.582. The third-order valence-corrected chi connectivity index (χ3v) is 2.67. The first-order valence-corrected chi connectivity index (χ1v) is 4.24. The Morgan fingerprint density at radius 3 is 2.83 bits per heavy atom. The van der Waals surface area contributed by atoms with Crippen molar-refractivity contribution in [3.8, 4) is 0 Å². The van der Waals surface area contributed by atoms with Crippen molar-refractivity contribution in [2.45, 2.75) is 0 Å². The molecule has 1 aromatic carbocycles. The number of H-pyrrole nitrogens is 1. The maximum Gasteiger partial charge on any atom is 0.151 e. The second kappa shape index (κ2) is 2.65. The molecule has 0 radical (unpaired) electrons. The summed E-state index contributed by atoms with van der Waals surface area (Å²) in [5.41, 5.74) is 0.251. The van der Waals surface area contributed by atoms with Crippen molar-refractivity contribution in [2.75, 3.05) is 0 Å². The van der Waals surface area contributed by atoms with Gasteiger partial charge in [0.25, 0.3) is 0 Å². The molecule has 0 amide bonds. The summed E-state index contributed by atoms with van der Waals surface area (Å²) in [5.74, 6) is -1.16.